The van der Waals surface area contributed by atoms with Crippen LogP contribution in [0.15, 0.2) is 47.5 Å². The van der Waals surface area contributed by atoms with Crippen LogP contribution >= 0.6 is 0 Å². The van der Waals surface area contributed by atoms with Gasteiger partial charge < -0.3 is 15.3 Å². The van der Waals surface area contributed by atoms with Gasteiger partial charge >= 0.3 is 0 Å². The summed E-state index contributed by atoms with van der Waals surface area (Å²) in [6, 6.07) is 5.58. The first kappa shape index (κ1) is 20.4. The number of aromatic nitrogens is 7. The number of rotatable bonds is 6. The third kappa shape index (κ3) is 3.59. The summed E-state index contributed by atoms with van der Waals surface area (Å²) in [6.45, 7) is 4.00. The van der Waals surface area contributed by atoms with Gasteiger partial charge in [-0.25, -0.2) is 4.68 Å². The van der Waals surface area contributed by atoms with Gasteiger partial charge in [-0.2, -0.15) is 15.2 Å². The Kier molecular flexibility index (Phi) is 4.85. The Hall–Kier alpha value is -4.54. The molecule has 0 spiro atoms. The molecular weight excluding hydrogens is 424 g/mol. The zero-order valence-electron chi connectivity index (χ0n) is 17.9. The van der Waals surface area contributed by atoms with Gasteiger partial charge in [0.25, 0.3) is 11.8 Å². The van der Waals surface area contributed by atoms with Crippen LogP contribution in [0.3, 0.4) is 0 Å². The summed E-state index contributed by atoms with van der Waals surface area (Å²) in [5.41, 5.74) is 8.75. The number of hydrogen-bond acceptors (Lipinski definition) is 8. The molecular formula is C22H20N8O3. The lowest BCUT2D eigenvalue weighted by Gasteiger charge is -2.05. The average Bonchev–Trinajstić information content (AvgIpc) is 3.49. The Morgan fingerprint density at radius 1 is 1.24 bits per heavy atom. The highest BCUT2D eigenvalue weighted by molar-refractivity contribution is 6.04. The zero-order valence-corrected chi connectivity index (χ0v) is 17.9. The van der Waals surface area contributed by atoms with E-state index in [4.69, 9.17) is 10.2 Å². The number of aryl methyl sites for hydroxylation is 4. The van der Waals surface area contributed by atoms with Crippen LogP contribution in [0.4, 0.5) is 0 Å². The first-order chi connectivity index (χ1) is 15.9. The average molecular weight is 444 g/mol. The number of carbonyl (C=O) groups excluding carboxylic acids is 1. The number of hydrogen-bond donors (Lipinski definition) is 2. The van der Waals surface area contributed by atoms with Crippen LogP contribution in [-0.4, -0.2) is 45.5 Å². The molecule has 11 heteroatoms. The van der Waals surface area contributed by atoms with Gasteiger partial charge in [0.05, 0.1) is 11.7 Å². The Labute approximate surface area is 187 Å². The van der Waals surface area contributed by atoms with E-state index in [1.54, 1.807) is 36.3 Å². The number of fused-ring (bicyclic) bond motifs is 1. The summed E-state index contributed by atoms with van der Waals surface area (Å²) >= 11 is 0. The molecule has 5 aromatic heterocycles. The summed E-state index contributed by atoms with van der Waals surface area (Å²) in [5, 5.41) is 20.0. The Bertz CT molecular complexity index is 1480. The van der Waals surface area contributed by atoms with Gasteiger partial charge in [-0.05, 0) is 38.0 Å². The van der Waals surface area contributed by atoms with Crippen molar-refractivity contribution in [3.8, 4) is 23.2 Å². The summed E-state index contributed by atoms with van der Waals surface area (Å²) in [6.07, 6.45) is 7.14. The Morgan fingerprint density at radius 3 is 2.85 bits per heavy atom. The molecule has 0 fully saturated rings. The zero-order chi connectivity index (χ0) is 23.1. The fraction of sp³-hybridized carbons (Fsp3) is 0.182. The first-order valence-corrected chi connectivity index (χ1v) is 10.2. The largest absolute Gasteiger partial charge is 0.504 e. The van der Waals surface area contributed by atoms with Crippen LogP contribution < -0.4 is 5.73 Å². The standard InChI is InChI=1S/C22H20N8O3/c1-12-8-15-16(10-25-12)30(28-18(15)21(23)32)17-11-33-22(26-17)19-20(31)13(2)27-29(19)7-5-14-4-3-6-24-9-14/h3-4,6,8-11,31H,5,7H2,1-2H3,(H2,23,32). The monoisotopic (exact) mass is 444 g/mol. The molecule has 0 bridgehead atoms. The lowest BCUT2D eigenvalue weighted by Crippen LogP contribution is -2.12. The van der Waals surface area contributed by atoms with Crippen LogP contribution in [0.5, 0.6) is 5.75 Å². The number of nitrogens with two attached hydrogens (primary N) is 1. The van der Waals surface area contributed by atoms with E-state index in [-0.39, 0.29) is 17.3 Å². The van der Waals surface area contributed by atoms with Crippen molar-refractivity contribution in [1.82, 2.24) is 34.5 Å². The molecule has 0 aliphatic heterocycles. The van der Waals surface area contributed by atoms with Gasteiger partial charge in [0.1, 0.15) is 12.0 Å². The molecule has 0 radical (unpaired) electrons. The van der Waals surface area contributed by atoms with Crippen molar-refractivity contribution in [2.24, 2.45) is 5.73 Å². The molecule has 0 atom stereocenters. The van der Waals surface area contributed by atoms with Gasteiger partial charge in [-0.3, -0.25) is 19.4 Å². The van der Waals surface area contributed by atoms with E-state index in [0.29, 0.717) is 41.1 Å². The van der Waals surface area contributed by atoms with Crippen LogP contribution in [0.1, 0.15) is 27.4 Å². The maximum atomic E-state index is 11.9. The molecule has 0 aliphatic carbocycles. The van der Waals surface area contributed by atoms with Gasteiger partial charge in [0, 0.05) is 30.0 Å². The molecule has 5 aromatic rings. The van der Waals surface area contributed by atoms with Gasteiger partial charge in [-0.15, -0.1) is 0 Å². The van der Waals surface area contributed by atoms with Crippen LogP contribution in [0.25, 0.3) is 28.3 Å². The van der Waals surface area contributed by atoms with E-state index in [2.05, 4.69) is 25.1 Å². The van der Waals surface area contributed by atoms with Crippen LogP contribution in [0, 0.1) is 13.8 Å². The smallest absolute Gasteiger partial charge is 0.269 e. The summed E-state index contributed by atoms with van der Waals surface area (Å²) < 4.78 is 8.78. The molecule has 33 heavy (non-hydrogen) atoms. The fourth-order valence-corrected chi connectivity index (χ4v) is 3.67. The predicted molar refractivity (Wildman–Crippen MR) is 118 cm³/mol. The van der Waals surface area contributed by atoms with Gasteiger partial charge in [0.15, 0.2) is 23.0 Å². The fourth-order valence-electron chi connectivity index (χ4n) is 3.67. The molecule has 0 saturated carbocycles. The third-order valence-electron chi connectivity index (χ3n) is 5.28. The van der Waals surface area contributed by atoms with Crippen molar-refractivity contribution < 1.29 is 14.3 Å². The quantitative estimate of drug-likeness (QED) is 0.405. The highest BCUT2D eigenvalue weighted by atomic mass is 16.3. The topological polar surface area (TPSA) is 151 Å². The maximum Gasteiger partial charge on any atom is 0.269 e. The molecule has 0 aromatic carbocycles. The normalized spacial score (nSPS) is 11.3. The number of aromatic hydroxyl groups is 1. The second-order valence-corrected chi connectivity index (χ2v) is 7.60. The SMILES string of the molecule is Cc1cc2c(C(N)=O)nn(-c3coc(-c4c(O)c(C)nn4CCc4cccnc4)n3)c2cn1. The van der Waals surface area contributed by atoms with E-state index >= 15 is 0 Å². The molecule has 0 aliphatic rings. The van der Waals surface area contributed by atoms with E-state index < -0.39 is 5.91 Å². The third-order valence-corrected chi connectivity index (χ3v) is 5.28. The Morgan fingerprint density at radius 2 is 2.09 bits per heavy atom. The lowest BCUT2D eigenvalue weighted by molar-refractivity contribution is 0.0996. The highest BCUT2D eigenvalue weighted by Gasteiger charge is 2.23. The molecule has 3 N–H and O–H groups in total. The minimum atomic E-state index is -0.658. The van der Waals surface area contributed by atoms with Crippen molar-refractivity contribution in [2.75, 3.05) is 0 Å². The van der Waals surface area contributed by atoms with Crippen molar-refractivity contribution in [2.45, 2.75) is 26.8 Å². The summed E-state index contributed by atoms with van der Waals surface area (Å²) in [5.74, 6) is -0.200. The van der Waals surface area contributed by atoms with E-state index in [1.165, 1.54) is 10.9 Å². The number of primary amides is 1. The summed E-state index contributed by atoms with van der Waals surface area (Å²) in [4.78, 5) is 24.8. The minimum absolute atomic E-state index is 0.0185. The number of amides is 1. The van der Waals surface area contributed by atoms with Crippen LogP contribution in [0.2, 0.25) is 0 Å². The number of nitrogens with zero attached hydrogens (tertiary/aromatic N) is 7. The first-order valence-electron chi connectivity index (χ1n) is 10.2. The maximum absolute atomic E-state index is 11.9. The second kappa shape index (κ2) is 7.86. The molecule has 1 amide bonds. The molecule has 0 unspecified atom stereocenters. The number of oxazole rings is 1. The van der Waals surface area contributed by atoms with Crippen molar-refractivity contribution in [3.05, 3.63) is 65.7 Å². The van der Waals surface area contributed by atoms with E-state index in [1.807, 2.05) is 19.1 Å². The van der Waals surface area contributed by atoms with Crippen LogP contribution in [-0.2, 0) is 13.0 Å². The predicted octanol–water partition coefficient (Wildman–Crippen LogP) is 2.33. The Balaban J connectivity index is 1.54. The second-order valence-electron chi connectivity index (χ2n) is 7.60. The van der Waals surface area contributed by atoms with Crippen molar-refractivity contribution >= 4 is 16.8 Å². The lowest BCUT2D eigenvalue weighted by atomic mass is 10.2. The summed E-state index contributed by atoms with van der Waals surface area (Å²) in [7, 11) is 0. The van der Waals surface area contributed by atoms with E-state index in [9.17, 15) is 9.90 Å². The molecule has 166 valence electrons. The van der Waals surface area contributed by atoms with Gasteiger partial charge in [0.2, 0.25) is 0 Å². The molecule has 0 saturated heterocycles. The van der Waals surface area contributed by atoms with Crippen molar-refractivity contribution in [1.29, 1.82) is 0 Å². The molecule has 5 rings (SSSR count). The van der Waals surface area contributed by atoms with Gasteiger partial charge in [-0.1, -0.05) is 6.07 Å². The number of pyridine rings is 2. The highest BCUT2D eigenvalue weighted by Crippen LogP contribution is 2.33. The van der Waals surface area contributed by atoms with E-state index in [0.717, 1.165) is 11.3 Å². The van der Waals surface area contributed by atoms with Crippen molar-refractivity contribution in [3.63, 3.8) is 0 Å². The molecule has 5 heterocycles. The molecule has 11 nitrogen and oxygen atoms in total. The number of carbonyl (C=O) groups is 1. The minimum Gasteiger partial charge on any atom is -0.504 e.